The molecule has 0 saturated carbocycles. The number of ether oxygens (including phenoxy) is 1. The van der Waals surface area contributed by atoms with Crippen LogP contribution < -0.4 is 28.4 Å². The Kier molecular flexibility index (Phi) is 8.03. The Bertz CT molecular complexity index is 2410. The van der Waals surface area contributed by atoms with Gasteiger partial charge in [-0.1, -0.05) is 54.6 Å². The van der Waals surface area contributed by atoms with E-state index in [2.05, 4.69) is 169 Å². The molecule has 6 nitrogen and oxygen atoms in total. The standard InChI is InChI=1S/C45H37N5OSe/c1-45(2,3)32-24-26-46-42(27-32)50-39-29-36(22-23-40(39)52-41-21-12-25-47-44(41)50)51-35-18-10-17-34(28-35)48-30-49(33-15-8-5-9-16-33)43-37(19-11-20-38(43)48)31-13-6-4-7-14-31/h4-29H,30H2,1-3H3. The van der Waals surface area contributed by atoms with Gasteiger partial charge < -0.3 is 0 Å². The number of anilines is 7. The summed E-state index contributed by atoms with van der Waals surface area (Å²) in [6, 6.07) is 51.2. The first-order valence-electron chi connectivity index (χ1n) is 17.5. The minimum absolute atomic E-state index is 0.0136. The van der Waals surface area contributed by atoms with Gasteiger partial charge in [0.05, 0.1) is 0 Å². The molecule has 4 heterocycles. The third-order valence-electron chi connectivity index (χ3n) is 9.57. The molecule has 0 amide bonds. The van der Waals surface area contributed by atoms with Crippen LogP contribution in [0.3, 0.4) is 0 Å². The Morgan fingerprint density at radius 1 is 0.596 bits per heavy atom. The van der Waals surface area contributed by atoms with Crippen molar-refractivity contribution in [2.75, 3.05) is 21.4 Å². The van der Waals surface area contributed by atoms with Crippen molar-refractivity contribution < 1.29 is 4.74 Å². The number of pyridine rings is 2. The van der Waals surface area contributed by atoms with Gasteiger partial charge in [-0.3, -0.25) is 0 Å². The van der Waals surface area contributed by atoms with Crippen LogP contribution in [-0.4, -0.2) is 31.6 Å². The topological polar surface area (TPSA) is 44.7 Å². The van der Waals surface area contributed by atoms with Crippen molar-refractivity contribution in [2.45, 2.75) is 26.2 Å². The van der Waals surface area contributed by atoms with Crippen molar-refractivity contribution in [3.63, 3.8) is 0 Å². The predicted octanol–water partition coefficient (Wildman–Crippen LogP) is 9.92. The summed E-state index contributed by atoms with van der Waals surface area (Å²) in [5.41, 5.74) is 9.23. The summed E-state index contributed by atoms with van der Waals surface area (Å²) in [6.45, 7) is 7.37. The van der Waals surface area contributed by atoms with Gasteiger partial charge in [0.2, 0.25) is 0 Å². The van der Waals surface area contributed by atoms with Crippen molar-refractivity contribution in [2.24, 2.45) is 0 Å². The van der Waals surface area contributed by atoms with E-state index in [0.29, 0.717) is 6.67 Å². The molecule has 2 aliphatic heterocycles. The summed E-state index contributed by atoms with van der Waals surface area (Å²) in [6.07, 6.45) is 3.77. The summed E-state index contributed by atoms with van der Waals surface area (Å²) in [5, 5.41) is 0. The van der Waals surface area contributed by atoms with Crippen LogP contribution in [0.25, 0.3) is 11.1 Å². The van der Waals surface area contributed by atoms with Crippen LogP contribution in [0.5, 0.6) is 11.5 Å². The SMILES string of the molecule is CC(C)(C)c1ccnc(N2c3cc(Oc4cccc(N5CN(c6ccccc6)c6c(-c7ccccc7)cccc65)c4)ccc3[Se]c3cccnc32)c1. The fourth-order valence-corrected chi connectivity index (χ4v) is 9.10. The molecule has 0 aliphatic carbocycles. The molecule has 254 valence electrons. The Labute approximate surface area is 311 Å². The first kappa shape index (κ1) is 32.1. The molecule has 2 aromatic heterocycles. The van der Waals surface area contributed by atoms with Crippen molar-refractivity contribution in [1.82, 2.24) is 9.97 Å². The van der Waals surface area contributed by atoms with Gasteiger partial charge >= 0.3 is 240 Å². The monoisotopic (exact) mass is 743 g/mol. The quantitative estimate of drug-likeness (QED) is 0.158. The van der Waals surface area contributed by atoms with Crippen LogP contribution in [0.4, 0.5) is 40.1 Å². The fraction of sp³-hybridized carbons (Fsp3) is 0.111. The van der Waals surface area contributed by atoms with Gasteiger partial charge in [-0.15, -0.1) is 0 Å². The van der Waals surface area contributed by atoms with Crippen LogP contribution in [-0.2, 0) is 5.41 Å². The maximum atomic E-state index is 6.69. The van der Waals surface area contributed by atoms with E-state index in [1.807, 2.05) is 24.5 Å². The summed E-state index contributed by atoms with van der Waals surface area (Å²) in [4.78, 5) is 16.7. The number of aromatic nitrogens is 2. The average Bonchev–Trinajstić information content (AvgIpc) is 3.58. The third kappa shape index (κ3) is 5.88. The Morgan fingerprint density at radius 3 is 2.19 bits per heavy atom. The van der Waals surface area contributed by atoms with Gasteiger partial charge in [0.25, 0.3) is 0 Å². The molecule has 0 atom stereocenters. The Hall–Kier alpha value is -5.88. The zero-order valence-corrected chi connectivity index (χ0v) is 31.0. The molecule has 5 aromatic carbocycles. The van der Waals surface area contributed by atoms with E-state index in [-0.39, 0.29) is 20.4 Å². The molecule has 0 radical (unpaired) electrons. The average molecular weight is 743 g/mol. The molecule has 0 bridgehead atoms. The molecule has 0 N–H and O–H groups in total. The summed E-state index contributed by atoms with van der Waals surface area (Å²) < 4.78 is 9.19. The van der Waals surface area contributed by atoms with Crippen LogP contribution in [0.1, 0.15) is 26.3 Å². The first-order valence-corrected chi connectivity index (χ1v) is 19.2. The van der Waals surface area contributed by atoms with Gasteiger partial charge in [0.1, 0.15) is 0 Å². The molecule has 0 unspecified atom stereocenters. The summed E-state index contributed by atoms with van der Waals surface area (Å²) >= 11 is 0.0991. The second-order valence-electron chi connectivity index (χ2n) is 14.0. The van der Waals surface area contributed by atoms with Gasteiger partial charge in [0, 0.05) is 0 Å². The number of fused-ring (bicyclic) bond motifs is 3. The van der Waals surface area contributed by atoms with Crippen LogP contribution in [0.15, 0.2) is 158 Å². The van der Waals surface area contributed by atoms with Crippen molar-refractivity contribution >= 4 is 64.0 Å². The van der Waals surface area contributed by atoms with Crippen molar-refractivity contribution in [3.05, 3.63) is 164 Å². The van der Waals surface area contributed by atoms with E-state index in [0.717, 1.165) is 45.9 Å². The number of nitrogens with zero attached hydrogens (tertiary/aromatic N) is 5. The maximum absolute atomic E-state index is 6.69. The molecular weight excluding hydrogens is 705 g/mol. The molecule has 9 rings (SSSR count). The molecule has 7 heteroatoms. The minimum atomic E-state index is -0.0136. The van der Waals surface area contributed by atoms with Crippen molar-refractivity contribution in [3.8, 4) is 22.6 Å². The molecular formula is C45H37N5OSe. The van der Waals surface area contributed by atoms with Gasteiger partial charge in [0.15, 0.2) is 0 Å². The summed E-state index contributed by atoms with van der Waals surface area (Å²) in [7, 11) is 0. The van der Waals surface area contributed by atoms with E-state index in [1.54, 1.807) is 0 Å². The molecule has 52 heavy (non-hydrogen) atoms. The van der Waals surface area contributed by atoms with Gasteiger partial charge in [-0.2, -0.15) is 0 Å². The fourth-order valence-electron chi connectivity index (χ4n) is 6.99. The van der Waals surface area contributed by atoms with Gasteiger partial charge in [-0.25, -0.2) is 0 Å². The van der Waals surface area contributed by atoms with Crippen LogP contribution in [0, 0.1) is 0 Å². The van der Waals surface area contributed by atoms with Crippen LogP contribution in [0.2, 0.25) is 0 Å². The normalized spacial score (nSPS) is 13.4. The molecule has 7 aromatic rings. The number of rotatable bonds is 6. The Balaban J connectivity index is 1.07. The predicted molar refractivity (Wildman–Crippen MR) is 214 cm³/mol. The Morgan fingerprint density at radius 2 is 1.37 bits per heavy atom. The van der Waals surface area contributed by atoms with E-state index in [9.17, 15) is 0 Å². The van der Waals surface area contributed by atoms with Crippen LogP contribution >= 0.6 is 0 Å². The van der Waals surface area contributed by atoms with E-state index in [4.69, 9.17) is 14.7 Å². The first-order chi connectivity index (χ1) is 25.4. The number of hydrogen-bond acceptors (Lipinski definition) is 6. The second-order valence-corrected chi connectivity index (χ2v) is 16.3. The molecule has 0 fully saturated rings. The van der Waals surface area contributed by atoms with E-state index >= 15 is 0 Å². The van der Waals surface area contributed by atoms with Crippen molar-refractivity contribution in [1.29, 1.82) is 0 Å². The number of hydrogen-bond donors (Lipinski definition) is 0. The summed E-state index contributed by atoms with van der Waals surface area (Å²) in [5.74, 6) is 3.32. The second kappa shape index (κ2) is 13.0. The van der Waals surface area contributed by atoms with E-state index < -0.39 is 0 Å². The van der Waals surface area contributed by atoms with Gasteiger partial charge in [-0.05, 0) is 17.7 Å². The number of benzene rings is 5. The van der Waals surface area contributed by atoms with E-state index in [1.165, 1.54) is 31.3 Å². The zero-order chi connectivity index (χ0) is 35.2. The zero-order valence-electron chi connectivity index (χ0n) is 29.3. The molecule has 2 aliphatic rings. The molecule has 0 spiro atoms. The number of para-hydroxylation sites is 2. The third-order valence-corrected chi connectivity index (χ3v) is 11.9. The molecule has 0 saturated heterocycles.